The molecule has 3 nitrogen and oxygen atoms in total. The Kier molecular flexibility index (Phi) is 3.81. The predicted octanol–water partition coefficient (Wildman–Crippen LogP) is 2.42. The van der Waals surface area contributed by atoms with Gasteiger partial charge < -0.3 is 9.58 Å². The molecular formula is C11H10FNO2. The highest BCUT2D eigenvalue weighted by atomic mass is 19.1. The lowest BCUT2D eigenvalue weighted by molar-refractivity contribution is 0.0521. The number of carbonyl (C=O) groups is 1. The van der Waals surface area contributed by atoms with Gasteiger partial charge in [-0.3, -0.25) is 0 Å². The summed E-state index contributed by atoms with van der Waals surface area (Å²) in [5, 5.41) is 0. The third kappa shape index (κ3) is 2.78. The highest BCUT2D eigenvalue weighted by Crippen LogP contribution is 2.12. The van der Waals surface area contributed by atoms with Crippen LogP contribution in [0.3, 0.4) is 0 Å². The zero-order valence-corrected chi connectivity index (χ0v) is 8.29. The SMILES string of the molecule is [C-]#[N+]Cc1ccc(F)c(C(=O)OCC)c1. The van der Waals surface area contributed by atoms with E-state index in [2.05, 4.69) is 9.58 Å². The molecule has 0 aliphatic rings. The summed E-state index contributed by atoms with van der Waals surface area (Å²) in [4.78, 5) is 14.4. The van der Waals surface area contributed by atoms with Gasteiger partial charge in [-0.1, -0.05) is 0 Å². The molecule has 0 aromatic heterocycles. The lowest BCUT2D eigenvalue weighted by Gasteiger charge is -2.03. The molecule has 0 saturated carbocycles. The van der Waals surface area contributed by atoms with Crippen LogP contribution in [-0.4, -0.2) is 12.6 Å². The van der Waals surface area contributed by atoms with E-state index in [4.69, 9.17) is 6.57 Å². The number of ether oxygens (including phenoxy) is 1. The molecule has 0 radical (unpaired) electrons. The first-order valence-electron chi connectivity index (χ1n) is 4.47. The molecule has 0 N–H and O–H groups in total. The van der Waals surface area contributed by atoms with Crippen molar-refractivity contribution in [2.75, 3.05) is 6.61 Å². The van der Waals surface area contributed by atoms with Crippen LogP contribution in [0.15, 0.2) is 18.2 Å². The maximum atomic E-state index is 13.2. The quantitative estimate of drug-likeness (QED) is 0.563. The van der Waals surface area contributed by atoms with Gasteiger partial charge in [-0.25, -0.2) is 15.8 Å². The number of nitrogens with zero attached hydrogens (tertiary/aromatic N) is 1. The summed E-state index contributed by atoms with van der Waals surface area (Å²) in [6.07, 6.45) is 0. The summed E-state index contributed by atoms with van der Waals surface area (Å²) in [6.45, 7) is 8.65. The summed E-state index contributed by atoms with van der Waals surface area (Å²) in [5.74, 6) is -1.32. The fourth-order valence-corrected chi connectivity index (χ4v) is 1.13. The first-order valence-corrected chi connectivity index (χ1v) is 4.47. The maximum absolute atomic E-state index is 13.2. The van der Waals surface area contributed by atoms with Crippen LogP contribution in [0.2, 0.25) is 0 Å². The van der Waals surface area contributed by atoms with Gasteiger partial charge in [0, 0.05) is 5.56 Å². The van der Waals surface area contributed by atoms with Gasteiger partial charge in [-0.15, -0.1) is 0 Å². The minimum absolute atomic E-state index is 0.113. The van der Waals surface area contributed by atoms with Crippen LogP contribution in [0.25, 0.3) is 4.85 Å². The molecule has 15 heavy (non-hydrogen) atoms. The lowest BCUT2D eigenvalue weighted by atomic mass is 10.1. The number of halogens is 1. The molecule has 0 saturated heterocycles. The number of esters is 1. The molecular weight excluding hydrogens is 197 g/mol. The van der Waals surface area contributed by atoms with Crippen molar-refractivity contribution < 1.29 is 13.9 Å². The molecule has 0 fully saturated rings. The zero-order chi connectivity index (χ0) is 11.3. The summed E-state index contributed by atoms with van der Waals surface area (Å²) >= 11 is 0. The van der Waals surface area contributed by atoms with Gasteiger partial charge in [0.05, 0.1) is 12.2 Å². The van der Waals surface area contributed by atoms with Crippen molar-refractivity contribution in [3.63, 3.8) is 0 Å². The third-order valence-electron chi connectivity index (χ3n) is 1.79. The smallest absolute Gasteiger partial charge is 0.341 e. The summed E-state index contributed by atoms with van der Waals surface area (Å²) < 4.78 is 17.9. The van der Waals surface area contributed by atoms with Crippen molar-refractivity contribution in [3.8, 4) is 0 Å². The summed E-state index contributed by atoms with van der Waals surface area (Å²) in [7, 11) is 0. The molecule has 0 aliphatic carbocycles. The van der Waals surface area contributed by atoms with Crippen molar-refractivity contribution in [2.45, 2.75) is 13.5 Å². The largest absolute Gasteiger partial charge is 0.462 e. The number of rotatable bonds is 3. The van der Waals surface area contributed by atoms with Crippen molar-refractivity contribution in [1.29, 1.82) is 0 Å². The van der Waals surface area contributed by atoms with Crippen molar-refractivity contribution in [3.05, 3.63) is 46.6 Å². The van der Waals surface area contributed by atoms with Crippen LogP contribution < -0.4 is 0 Å². The Balaban J connectivity index is 3.00. The Hall–Kier alpha value is -1.89. The summed E-state index contributed by atoms with van der Waals surface area (Å²) in [6, 6.07) is 4.01. The highest BCUT2D eigenvalue weighted by molar-refractivity contribution is 5.89. The van der Waals surface area contributed by atoms with E-state index in [0.717, 1.165) is 0 Å². The number of benzene rings is 1. The standard InChI is InChI=1S/C11H10FNO2/c1-3-15-11(14)9-6-8(7-13-2)4-5-10(9)12/h4-6H,3,7H2,1H3. The number of carbonyl (C=O) groups excluding carboxylic acids is 1. The van der Waals surface area contributed by atoms with E-state index in [0.29, 0.717) is 5.56 Å². The molecule has 0 heterocycles. The fraction of sp³-hybridized carbons (Fsp3) is 0.273. The lowest BCUT2D eigenvalue weighted by Crippen LogP contribution is -2.07. The third-order valence-corrected chi connectivity index (χ3v) is 1.79. The van der Waals surface area contributed by atoms with Crippen molar-refractivity contribution in [2.24, 2.45) is 0 Å². The fourth-order valence-electron chi connectivity index (χ4n) is 1.13. The van der Waals surface area contributed by atoms with E-state index in [-0.39, 0.29) is 18.7 Å². The molecule has 0 unspecified atom stereocenters. The Morgan fingerprint density at radius 2 is 2.33 bits per heavy atom. The molecule has 0 aliphatic heterocycles. The molecule has 0 bridgehead atoms. The minimum Gasteiger partial charge on any atom is -0.462 e. The minimum atomic E-state index is -0.693. The van der Waals surface area contributed by atoms with E-state index >= 15 is 0 Å². The Morgan fingerprint density at radius 1 is 1.60 bits per heavy atom. The average Bonchev–Trinajstić information content (AvgIpc) is 2.21. The second-order valence-corrected chi connectivity index (χ2v) is 2.85. The molecule has 0 amide bonds. The van der Waals surface area contributed by atoms with Crippen LogP contribution in [0.5, 0.6) is 0 Å². The van der Waals surface area contributed by atoms with E-state index in [1.165, 1.54) is 18.2 Å². The monoisotopic (exact) mass is 207 g/mol. The molecule has 0 spiro atoms. The van der Waals surface area contributed by atoms with Gasteiger partial charge in [0.2, 0.25) is 6.54 Å². The van der Waals surface area contributed by atoms with Crippen LogP contribution >= 0.6 is 0 Å². The number of hydrogen-bond acceptors (Lipinski definition) is 2. The predicted molar refractivity (Wildman–Crippen MR) is 52.7 cm³/mol. The van der Waals surface area contributed by atoms with Crippen LogP contribution in [0.1, 0.15) is 22.8 Å². The normalized spacial score (nSPS) is 9.40. The van der Waals surface area contributed by atoms with Crippen LogP contribution in [0.4, 0.5) is 4.39 Å². The number of hydrogen-bond donors (Lipinski definition) is 0. The topological polar surface area (TPSA) is 30.7 Å². The van der Waals surface area contributed by atoms with Gasteiger partial charge in [-0.2, -0.15) is 0 Å². The average molecular weight is 207 g/mol. The first-order chi connectivity index (χ1) is 7.19. The molecule has 0 atom stereocenters. The molecule has 4 heteroatoms. The molecule has 78 valence electrons. The van der Waals surface area contributed by atoms with Crippen molar-refractivity contribution in [1.82, 2.24) is 0 Å². The van der Waals surface area contributed by atoms with Gasteiger partial charge >= 0.3 is 5.97 Å². The molecule has 1 rings (SSSR count). The van der Waals surface area contributed by atoms with Crippen molar-refractivity contribution >= 4 is 5.97 Å². The van der Waals surface area contributed by atoms with E-state index in [1.54, 1.807) is 6.92 Å². The van der Waals surface area contributed by atoms with E-state index in [1.807, 2.05) is 0 Å². The van der Waals surface area contributed by atoms with Crippen LogP contribution in [-0.2, 0) is 11.3 Å². The Morgan fingerprint density at radius 3 is 2.93 bits per heavy atom. The molecule has 1 aromatic rings. The maximum Gasteiger partial charge on any atom is 0.341 e. The van der Waals surface area contributed by atoms with Gasteiger partial charge in [0.1, 0.15) is 5.82 Å². The van der Waals surface area contributed by atoms with Gasteiger partial charge in [0.25, 0.3) is 0 Å². The van der Waals surface area contributed by atoms with E-state index < -0.39 is 11.8 Å². The summed E-state index contributed by atoms with van der Waals surface area (Å²) in [5.41, 5.74) is 0.493. The molecule has 1 aromatic carbocycles. The second-order valence-electron chi connectivity index (χ2n) is 2.85. The zero-order valence-electron chi connectivity index (χ0n) is 8.29. The van der Waals surface area contributed by atoms with E-state index in [9.17, 15) is 9.18 Å². The van der Waals surface area contributed by atoms with Gasteiger partial charge in [0.15, 0.2) is 0 Å². The van der Waals surface area contributed by atoms with Crippen LogP contribution in [0, 0.1) is 12.4 Å². The first kappa shape index (κ1) is 11.2. The second kappa shape index (κ2) is 5.11. The Bertz CT molecular complexity index is 410. The Labute approximate surface area is 87.3 Å². The highest BCUT2D eigenvalue weighted by Gasteiger charge is 2.13. The van der Waals surface area contributed by atoms with Gasteiger partial charge in [-0.05, 0) is 25.1 Å².